The molecule has 0 amide bonds. The van der Waals surface area contributed by atoms with Gasteiger partial charge in [0, 0.05) is 35.5 Å². The van der Waals surface area contributed by atoms with Crippen LogP contribution < -0.4 is 5.32 Å². The molecule has 1 aliphatic rings. The molecular weight excluding hydrogens is 186 g/mol. The smallest absolute Gasteiger partial charge is 0.0591 e. The van der Waals surface area contributed by atoms with Crippen LogP contribution in [-0.4, -0.2) is 26.3 Å². The topological polar surface area (TPSA) is 21.3 Å². The van der Waals surface area contributed by atoms with Crippen LogP contribution in [0.3, 0.4) is 0 Å². The summed E-state index contributed by atoms with van der Waals surface area (Å²) in [6.07, 6.45) is 0. The molecule has 1 aliphatic heterocycles. The number of ether oxygens (including phenoxy) is 1. The van der Waals surface area contributed by atoms with E-state index >= 15 is 0 Å². The zero-order valence-electron chi connectivity index (χ0n) is 4.04. The minimum Gasteiger partial charge on any atom is -0.379 e. The molecule has 0 aliphatic carbocycles. The van der Waals surface area contributed by atoms with Crippen molar-refractivity contribution in [3.63, 3.8) is 0 Å². The quantitative estimate of drug-likeness (QED) is 0.531. The summed E-state index contributed by atoms with van der Waals surface area (Å²) in [5.41, 5.74) is 0. The van der Waals surface area contributed by atoms with E-state index in [1.54, 1.807) is 0 Å². The van der Waals surface area contributed by atoms with Gasteiger partial charge in [-0.25, -0.2) is 0 Å². The summed E-state index contributed by atoms with van der Waals surface area (Å²) in [4.78, 5) is 0. The minimum absolute atomic E-state index is 0. The molecule has 0 spiro atoms. The zero-order valence-corrected chi connectivity index (χ0v) is 5.52. The molecule has 0 aromatic rings. The maximum absolute atomic E-state index is 5.01. The molecule has 0 aromatic heterocycles. The number of hydrogen-bond donors (Lipinski definition) is 1. The Morgan fingerprint density at radius 1 is 1.14 bits per heavy atom. The van der Waals surface area contributed by atoms with E-state index in [0.29, 0.717) is 0 Å². The Bertz CT molecular complexity index is 27.2. The number of nitrogens with one attached hydrogen (secondary N) is 1. The molecule has 7 heavy (non-hydrogen) atoms. The second-order valence-corrected chi connectivity index (χ2v) is 1.36. The van der Waals surface area contributed by atoms with Gasteiger partial charge in [0.05, 0.1) is 13.2 Å². The second-order valence-electron chi connectivity index (χ2n) is 1.36. The summed E-state index contributed by atoms with van der Waals surface area (Å²) in [7, 11) is 0. The summed E-state index contributed by atoms with van der Waals surface area (Å²) in [5, 5.41) is 3.16. The van der Waals surface area contributed by atoms with E-state index < -0.39 is 0 Å². The van der Waals surface area contributed by atoms with Gasteiger partial charge in [-0.05, 0) is 0 Å². The standard InChI is InChI=1S/C4H9NO.Ag/c1-3-6-4-2-5-1;/h5H,1-4H2;. The van der Waals surface area contributed by atoms with Gasteiger partial charge >= 0.3 is 0 Å². The van der Waals surface area contributed by atoms with Gasteiger partial charge in [-0.3, -0.25) is 0 Å². The Morgan fingerprint density at radius 3 is 1.86 bits per heavy atom. The molecule has 3 heteroatoms. The normalized spacial score (nSPS) is 20.6. The van der Waals surface area contributed by atoms with Crippen LogP contribution in [0.15, 0.2) is 0 Å². The Morgan fingerprint density at radius 2 is 1.71 bits per heavy atom. The number of rotatable bonds is 0. The van der Waals surface area contributed by atoms with Crippen LogP contribution in [0.2, 0.25) is 0 Å². The van der Waals surface area contributed by atoms with Crippen molar-refractivity contribution in [2.24, 2.45) is 0 Å². The van der Waals surface area contributed by atoms with Crippen molar-refractivity contribution in [1.82, 2.24) is 5.32 Å². The molecule has 1 N–H and O–H groups in total. The maximum atomic E-state index is 5.01. The van der Waals surface area contributed by atoms with Gasteiger partial charge in [0.25, 0.3) is 0 Å². The molecule has 0 atom stereocenters. The Labute approximate surface area is 59.1 Å². The molecular formula is C4H9AgNO. The maximum Gasteiger partial charge on any atom is 0.0591 e. The molecule has 2 nitrogen and oxygen atoms in total. The van der Waals surface area contributed by atoms with E-state index in [4.69, 9.17) is 4.74 Å². The summed E-state index contributed by atoms with van der Waals surface area (Å²) >= 11 is 0. The predicted molar refractivity (Wildman–Crippen MR) is 23.7 cm³/mol. The van der Waals surface area contributed by atoms with Crippen molar-refractivity contribution in [1.29, 1.82) is 0 Å². The van der Waals surface area contributed by atoms with Gasteiger partial charge in [-0.2, -0.15) is 0 Å². The van der Waals surface area contributed by atoms with E-state index in [9.17, 15) is 0 Å². The van der Waals surface area contributed by atoms with Crippen LogP contribution in [0.25, 0.3) is 0 Å². The van der Waals surface area contributed by atoms with Crippen molar-refractivity contribution in [2.45, 2.75) is 0 Å². The van der Waals surface area contributed by atoms with Crippen LogP contribution >= 0.6 is 0 Å². The van der Waals surface area contributed by atoms with E-state index in [1.807, 2.05) is 0 Å². The van der Waals surface area contributed by atoms with Crippen molar-refractivity contribution < 1.29 is 27.1 Å². The van der Waals surface area contributed by atoms with Crippen LogP contribution in [-0.2, 0) is 27.1 Å². The van der Waals surface area contributed by atoms with Crippen LogP contribution in [0, 0.1) is 0 Å². The first-order chi connectivity index (χ1) is 3.00. The molecule has 0 saturated carbocycles. The monoisotopic (exact) mass is 194 g/mol. The number of morpholine rings is 1. The molecule has 0 bridgehead atoms. The molecule has 1 fully saturated rings. The van der Waals surface area contributed by atoms with Gasteiger partial charge < -0.3 is 10.1 Å². The van der Waals surface area contributed by atoms with E-state index in [1.165, 1.54) is 0 Å². The SMILES string of the molecule is C1COCCN1.[Ag]. The molecule has 1 radical (unpaired) electrons. The van der Waals surface area contributed by atoms with Crippen molar-refractivity contribution in [2.75, 3.05) is 26.3 Å². The van der Waals surface area contributed by atoms with Gasteiger partial charge in [-0.1, -0.05) is 0 Å². The van der Waals surface area contributed by atoms with Gasteiger partial charge in [0.1, 0.15) is 0 Å². The molecule has 1 saturated heterocycles. The van der Waals surface area contributed by atoms with Crippen LogP contribution in [0.4, 0.5) is 0 Å². The second kappa shape index (κ2) is 4.81. The first kappa shape index (κ1) is 7.66. The fourth-order valence-corrected chi connectivity index (χ4v) is 0.516. The van der Waals surface area contributed by atoms with Crippen LogP contribution in [0.1, 0.15) is 0 Å². The van der Waals surface area contributed by atoms with E-state index in [2.05, 4.69) is 5.32 Å². The third-order valence-electron chi connectivity index (χ3n) is 0.846. The Hall–Kier alpha value is 0.660. The molecule has 1 heterocycles. The third-order valence-corrected chi connectivity index (χ3v) is 0.846. The summed E-state index contributed by atoms with van der Waals surface area (Å²) in [6.45, 7) is 3.83. The van der Waals surface area contributed by atoms with E-state index in [0.717, 1.165) is 26.3 Å². The Kier molecular flexibility index (Phi) is 5.26. The van der Waals surface area contributed by atoms with Gasteiger partial charge in [-0.15, -0.1) is 0 Å². The Balaban J connectivity index is 0.000000360. The fraction of sp³-hybridized carbons (Fsp3) is 1.00. The summed E-state index contributed by atoms with van der Waals surface area (Å²) in [6, 6.07) is 0. The fourth-order valence-electron chi connectivity index (χ4n) is 0.516. The first-order valence-corrected chi connectivity index (χ1v) is 2.28. The summed E-state index contributed by atoms with van der Waals surface area (Å²) in [5.74, 6) is 0. The van der Waals surface area contributed by atoms with Crippen molar-refractivity contribution >= 4 is 0 Å². The summed E-state index contributed by atoms with van der Waals surface area (Å²) < 4.78 is 5.01. The molecule has 1 rings (SSSR count). The largest absolute Gasteiger partial charge is 0.379 e. The minimum atomic E-state index is 0. The van der Waals surface area contributed by atoms with Gasteiger partial charge in [0.15, 0.2) is 0 Å². The van der Waals surface area contributed by atoms with Crippen molar-refractivity contribution in [3.8, 4) is 0 Å². The third kappa shape index (κ3) is 3.26. The van der Waals surface area contributed by atoms with Crippen LogP contribution in [0.5, 0.6) is 0 Å². The number of hydrogen-bond acceptors (Lipinski definition) is 2. The average Bonchev–Trinajstić information content (AvgIpc) is 1.72. The zero-order chi connectivity index (χ0) is 4.24. The van der Waals surface area contributed by atoms with Crippen molar-refractivity contribution in [3.05, 3.63) is 0 Å². The molecule has 0 unspecified atom stereocenters. The average molecular weight is 195 g/mol. The predicted octanol–water partition coefficient (Wildman–Crippen LogP) is -0.396. The first-order valence-electron chi connectivity index (χ1n) is 2.28. The van der Waals surface area contributed by atoms with Gasteiger partial charge in [0.2, 0.25) is 0 Å². The van der Waals surface area contributed by atoms with E-state index in [-0.39, 0.29) is 22.4 Å². The molecule has 47 valence electrons. The molecule has 0 aromatic carbocycles.